The van der Waals surface area contributed by atoms with E-state index in [2.05, 4.69) is 22.2 Å². The summed E-state index contributed by atoms with van der Waals surface area (Å²) < 4.78 is 5.45. The van der Waals surface area contributed by atoms with Crippen LogP contribution in [0.2, 0.25) is 0 Å². The summed E-state index contributed by atoms with van der Waals surface area (Å²) in [6, 6.07) is 1.82. The Morgan fingerprint density at radius 2 is 2.33 bits per heavy atom. The zero-order chi connectivity index (χ0) is 12.8. The molecule has 0 aromatic carbocycles. The van der Waals surface area contributed by atoms with Crippen LogP contribution < -0.4 is 10.1 Å². The molecule has 100 valence electrons. The fourth-order valence-corrected chi connectivity index (χ4v) is 2.20. The van der Waals surface area contributed by atoms with Crippen LogP contribution in [0.1, 0.15) is 32.6 Å². The van der Waals surface area contributed by atoms with Gasteiger partial charge in [0.1, 0.15) is 12.1 Å². The second kappa shape index (κ2) is 6.54. The maximum absolute atomic E-state index is 9.46. The second-order valence-electron chi connectivity index (χ2n) is 4.80. The molecule has 2 N–H and O–H groups in total. The molecule has 0 bridgehead atoms. The molecule has 1 aliphatic carbocycles. The van der Waals surface area contributed by atoms with Gasteiger partial charge < -0.3 is 15.2 Å². The van der Waals surface area contributed by atoms with E-state index in [9.17, 15) is 5.11 Å². The van der Waals surface area contributed by atoms with Gasteiger partial charge in [0, 0.05) is 12.6 Å². The van der Waals surface area contributed by atoms with Gasteiger partial charge in [0.25, 0.3) is 0 Å². The summed E-state index contributed by atoms with van der Waals surface area (Å²) in [6.07, 6.45) is 5.24. The van der Waals surface area contributed by atoms with E-state index in [0.29, 0.717) is 18.4 Å². The number of hydrogen-bond acceptors (Lipinski definition) is 5. The van der Waals surface area contributed by atoms with E-state index >= 15 is 0 Å². The number of aliphatic hydroxyl groups excluding tert-OH is 1. The van der Waals surface area contributed by atoms with Gasteiger partial charge in [0.15, 0.2) is 0 Å². The van der Waals surface area contributed by atoms with E-state index in [4.69, 9.17) is 4.74 Å². The molecule has 0 spiro atoms. The van der Waals surface area contributed by atoms with Crippen molar-refractivity contribution in [3.05, 3.63) is 12.4 Å². The lowest BCUT2D eigenvalue weighted by Crippen LogP contribution is -2.13. The first-order chi connectivity index (χ1) is 8.78. The zero-order valence-corrected chi connectivity index (χ0v) is 10.8. The monoisotopic (exact) mass is 251 g/mol. The molecule has 2 unspecified atom stereocenters. The summed E-state index contributed by atoms with van der Waals surface area (Å²) in [6.45, 7) is 3.58. The Morgan fingerprint density at radius 1 is 1.44 bits per heavy atom. The third-order valence-electron chi connectivity index (χ3n) is 3.18. The molecule has 2 rings (SSSR count). The van der Waals surface area contributed by atoms with Crippen molar-refractivity contribution in [3.63, 3.8) is 0 Å². The third kappa shape index (κ3) is 3.84. The van der Waals surface area contributed by atoms with Crippen molar-refractivity contribution in [3.8, 4) is 5.88 Å². The van der Waals surface area contributed by atoms with Crippen LogP contribution in [0.5, 0.6) is 5.88 Å². The van der Waals surface area contributed by atoms with Crippen LogP contribution in [0.15, 0.2) is 12.4 Å². The van der Waals surface area contributed by atoms with Crippen LogP contribution >= 0.6 is 0 Å². The van der Waals surface area contributed by atoms with Gasteiger partial charge in [-0.3, -0.25) is 0 Å². The standard InChI is InChI=1S/C13H21N3O2/c1-2-5-18-13-7-12(15-9-16-13)14-8-10-3-4-11(17)6-10/h7,9-11,17H,2-6,8H2,1H3,(H,14,15,16). The Bertz CT molecular complexity index is 373. The maximum atomic E-state index is 9.46. The third-order valence-corrected chi connectivity index (χ3v) is 3.18. The highest BCUT2D eigenvalue weighted by atomic mass is 16.5. The molecule has 1 aliphatic rings. The molecule has 1 heterocycles. The van der Waals surface area contributed by atoms with Gasteiger partial charge in [-0.2, -0.15) is 0 Å². The van der Waals surface area contributed by atoms with Gasteiger partial charge in [-0.15, -0.1) is 0 Å². The minimum Gasteiger partial charge on any atom is -0.478 e. The number of nitrogens with zero attached hydrogens (tertiary/aromatic N) is 2. The first-order valence-corrected chi connectivity index (χ1v) is 6.64. The van der Waals surface area contributed by atoms with E-state index in [0.717, 1.165) is 38.0 Å². The molecule has 2 atom stereocenters. The van der Waals surface area contributed by atoms with E-state index < -0.39 is 0 Å². The predicted molar refractivity (Wildman–Crippen MR) is 69.7 cm³/mol. The molecule has 0 radical (unpaired) electrons. The van der Waals surface area contributed by atoms with Crippen LogP contribution in [-0.2, 0) is 0 Å². The highest BCUT2D eigenvalue weighted by Gasteiger charge is 2.22. The number of nitrogens with one attached hydrogen (secondary N) is 1. The van der Waals surface area contributed by atoms with Crippen molar-refractivity contribution >= 4 is 5.82 Å². The zero-order valence-electron chi connectivity index (χ0n) is 10.8. The molecule has 18 heavy (non-hydrogen) atoms. The Hall–Kier alpha value is -1.36. The smallest absolute Gasteiger partial charge is 0.218 e. The van der Waals surface area contributed by atoms with Crippen LogP contribution in [-0.4, -0.2) is 34.3 Å². The molecule has 5 heteroatoms. The summed E-state index contributed by atoms with van der Waals surface area (Å²) in [7, 11) is 0. The molecular formula is C13H21N3O2. The van der Waals surface area contributed by atoms with Gasteiger partial charge in [-0.1, -0.05) is 6.92 Å². The summed E-state index contributed by atoms with van der Waals surface area (Å²) in [5.41, 5.74) is 0. The Labute approximate surface area is 108 Å². The molecule has 0 amide bonds. The van der Waals surface area contributed by atoms with E-state index in [-0.39, 0.29) is 6.10 Å². The van der Waals surface area contributed by atoms with E-state index in [1.165, 1.54) is 6.33 Å². The molecule has 1 aromatic rings. The average Bonchev–Trinajstić information content (AvgIpc) is 2.80. The lowest BCUT2D eigenvalue weighted by atomic mass is 10.1. The fraction of sp³-hybridized carbons (Fsp3) is 0.692. The topological polar surface area (TPSA) is 67.3 Å². The van der Waals surface area contributed by atoms with Crippen molar-refractivity contribution in [1.29, 1.82) is 0 Å². The highest BCUT2D eigenvalue weighted by Crippen LogP contribution is 2.25. The van der Waals surface area contributed by atoms with Crippen molar-refractivity contribution in [2.75, 3.05) is 18.5 Å². The average molecular weight is 251 g/mol. The Morgan fingerprint density at radius 3 is 3.06 bits per heavy atom. The van der Waals surface area contributed by atoms with Gasteiger partial charge in [-0.25, -0.2) is 9.97 Å². The van der Waals surface area contributed by atoms with E-state index in [1.807, 2.05) is 6.07 Å². The maximum Gasteiger partial charge on any atom is 0.218 e. The van der Waals surface area contributed by atoms with Gasteiger partial charge in [0.05, 0.1) is 12.7 Å². The van der Waals surface area contributed by atoms with Gasteiger partial charge in [0.2, 0.25) is 5.88 Å². The predicted octanol–water partition coefficient (Wildman–Crippen LogP) is 1.84. The molecular weight excluding hydrogens is 230 g/mol. The van der Waals surface area contributed by atoms with Gasteiger partial charge >= 0.3 is 0 Å². The van der Waals surface area contributed by atoms with Crippen LogP contribution in [0.3, 0.4) is 0 Å². The summed E-state index contributed by atoms with van der Waals surface area (Å²) in [4.78, 5) is 8.22. The Balaban J connectivity index is 1.81. The first-order valence-electron chi connectivity index (χ1n) is 6.64. The van der Waals surface area contributed by atoms with Crippen LogP contribution in [0.25, 0.3) is 0 Å². The second-order valence-corrected chi connectivity index (χ2v) is 4.80. The minimum absolute atomic E-state index is 0.120. The summed E-state index contributed by atoms with van der Waals surface area (Å²) in [5, 5.41) is 12.7. The molecule has 1 aromatic heterocycles. The van der Waals surface area contributed by atoms with Crippen LogP contribution in [0.4, 0.5) is 5.82 Å². The normalized spacial score (nSPS) is 23.0. The SMILES string of the molecule is CCCOc1cc(NCC2CCC(O)C2)ncn1. The number of anilines is 1. The van der Waals surface area contributed by atoms with Gasteiger partial charge in [-0.05, 0) is 31.6 Å². The van der Waals surface area contributed by atoms with E-state index in [1.54, 1.807) is 0 Å². The highest BCUT2D eigenvalue weighted by molar-refractivity contribution is 5.37. The number of ether oxygens (including phenoxy) is 1. The van der Waals surface area contributed by atoms with Crippen LogP contribution in [0, 0.1) is 5.92 Å². The first kappa shape index (κ1) is 13.1. The summed E-state index contributed by atoms with van der Waals surface area (Å²) >= 11 is 0. The number of aliphatic hydroxyl groups is 1. The molecule has 0 saturated heterocycles. The number of hydrogen-bond donors (Lipinski definition) is 2. The largest absolute Gasteiger partial charge is 0.478 e. The number of rotatable bonds is 6. The fourth-order valence-electron chi connectivity index (χ4n) is 2.20. The molecule has 5 nitrogen and oxygen atoms in total. The Kier molecular flexibility index (Phi) is 4.75. The quantitative estimate of drug-likeness (QED) is 0.807. The molecule has 0 aliphatic heterocycles. The lowest BCUT2D eigenvalue weighted by molar-refractivity contribution is 0.178. The minimum atomic E-state index is -0.120. The van der Waals surface area contributed by atoms with Crippen molar-refractivity contribution in [1.82, 2.24) is 9.97 Å². The van der Waals surface area contributed by atoms with Crippen molar-refractivity contribution in [2.45, 2.75) is 38.7 Å². The van der Waals surface area contributed by atoms with Crippen molar-refractivity contribution in [2.24, 2.45) is 5.92 Å². The summed E-state index contributed by atoms with van der Waals surface area (Å²) in [5.74, 6) is 1.94. The number of aromatic nitrogens is 2. The molecule has 1 fully saturated rings. The lowest BCUT2D eigenvalue weighted by Gasteiger charge is -2.11. The van der Waals surface area contributed by atoms with Crippen molar-refractivity contribution < 1.29 is 9.84 Å². The molecule has 1 saturated carbocycles.